The van der Waals surface area contributed by atoms with Crippen LogP contribution in [0.5, 0.6) is 0 Å². The molecule has 4 nitrogen and oxygen atoms in total. The fourth-order valence-electron chi connectivity index (χ4n) is 0.667. The summed E-state index contributed by atoms with van der Waals surface area (Å²) in [5.41, 5.74) is 0. The maximum absolute atomic E-state index is 10.9. The molecule has 0 aromatic rings. The molecule has 12 heavy (non-hydrogen) atoms. The zero-order chi connectivity index (χ0) is 9.56. The van der Waals surface area contributed by atoms with Crippen molar-refractivity contribution in [2.75, 3.05) is 7.11 Å². The van der Waals surface area contributed by atoms with Crippen LogP contribution >= 0.6 is 0 Å². The number of hydrogen-bond donors (Lipinski definition) is 1. The van der Waals surface area contributed by atoms with Crippen LogP contribution in [-0.2, 0) is 14.3 Å². The van der Waals surface area contributed by atoms with Gasteiger partial charge in [0.1, 0.15) is 6.04 Å². The van der Waals surface area contributed by atoms with E-state index < -0.39 is 12.0 Å². The molecule has 1 N–H and O–H groups in total. The van der Waals surface area contributed by atoms with Crippen LogP contribution in [0, 0.1) is 0 Å². The minimum absolute atomic E-state index is 0.210. The van der Waals surface area contributed by atoms with E-state index in [4.69, 9.17) is 0 Å². The third-order valence-electron chi connectivity index (χ3n) is 1.26. The summed E-state index contributed by atoms with van der Waals surface area (Å²) in [6.07, 6.45) is 1.68. The van der Waals surface area contributed by atoms with Crippen LogP contribution < -0.4 is 5.32 Å². The molecule has 0 aromatic carbocycles. The summed E-state index contributed by atoms with van der Waals surface area (Å²) in [6, 6.07) is -0.595. The molecule has 0 aliphatic rings. The van der Waals surface area contributed by atoms with Gasteiger partial charge in [0, 0.05) is 6.42 Å². The number of rotatable bonds is 4. The molecule has 0 saturated carbocycles. The summed E-state index contributed by atoms with van der Waals surface area (Å²) < 4.78 is 4.41. The normalized spacial score (nSPS) is 11.5. The second-order valence-electron chi connectivity index (χ2n) is 2.31. The summed E-state index contributed by atoms with van der Waals surface area (Å²) >= 11 is 0. The average Bonchev–Trinajstić information content (AvgIpc) is 2.03. The highest BCUT2D eigenvalue weighted by Gasteiger charge is 2.14. The summed E-state index contributed by atoms with van der Waals surface area (Å²) in [7, 11) is 1.28. The Kier molecular flexibility index (Phi) is 4.76. The summed E-state index contributed by atoms with van der Waals surface area (Å²) in [5, 5.41) is 2.45. The molecule has 68 valence electrons. The van der Waals surface area contributed by atoms with Crippen molar-refractivity contribution in [3.05, 3.63) is 12.7 Å². The lowest BCUT2D eigenvalue weighted by Gasteiger charge is -2.09. The van der Waals surface area contributed by atoms with Gasteiger partial charge < -0.3 is 10.1 Å². The zero-order valence-corrected chi connectivity index (χ0v) is 7.29. The van der Waals surface area contributed by atoms with Crippen LogP contribution in [0.2, 0.25) is 0 Å². The van der Waals surface area contributed by atoms with Gasteiger partial charge in [0.25, 0.3) is 0 Å². The van der Waals surface area contributed by atoms with Crippen molar-refractivity contribution in [3.63, 3.8) is 0 Å². The van der Waals surface area contributed by atoms with Crippen LogP contribution in [0.25, 0.3) is 0 Å². The summed E-state index contributed by atoms with van der Waals surface area (Å²) in [4.78, 5) is 21.7. The van der Waals surface area contributed by atoms with E-state index in [1.807, 2.05) is 0 Å². The molecule has 1 unspecified atom stereocenters. The van der Waals surface area contributed by atoms with Gasteiger partial charge in [-0.05, 0) is 6.92 Å². The topological polar surface area (TPSA) is 55.4 Å². The largest absolute Gasteiger partial charge is 0.467 e. The SMILES string of the molecule is C=CCC(=O)NC(C)C(=O)OC. The van der Waals surface area contributed by atoms with Crippen LogP contribution in [-0.4, -0.2) is 25.0 Å². The molecule has 1 atom stereocenters. The van der Waals surface area contributed by atoms with E-state index in [2.05, 4.69) is 16.6 Å². The average molecular weight is 171 g/mol. The Morgan fingerprint density at radius 2 is 2.25 bits per heavy atom. The Hall–Kier alpha value is -1.32. The first kappa shape index (κ1) is 10.7. The van der Waals surface area contributed by atoms with E-state index in [1.165, 1.54) is 13.2 Å². The van der Waals surface area contributed by atoms with E-state index in [9.17, 15) is 9.59 Å². The van der Waals surface area contributed by atoms with Crippen molar-refractivity contribution in [1.82, 2.24) is 5.32 Å². The zero-order valence-electron chi connectivity index (χ0n) is 7.29. The predicted octanol–water partition coefficient (Wildman–Crippen LogP) is 0.240. The summed E-state index contributed by atoms with van der Waals surface area (Å²) in [5.74, 6) is -0.685. The Balaban J connectivity index is 3.83. The van der Waals surface area contributed by atoms with Crippen molar-refractivity contribution in [2.24, 2.45) is 0 Å². The van der Waals surface area contributed by atoms with Crippen LogP contribution in [0.4, 0.5) is 0 Å². The molecule has 4 heteroatoms. The molecule has 0 bridgehead atoms. The highest BCUT2D eigenvalue weighted by molar-refractivity contribution is 5.84. The fraction of sp³-hybridized carbons (Fsp3) is 0.500. The van der Waals surface area contributed by atoms with Crippen molar-refractivity contribution in [3.8, 4) is 0 Å². The van der Waals surface area contributed by atoms with E-state index in [0.717, 1.165) is 0 Å². The molecule has 0 rings (SSSR count). The van der Waals surface area contributed by atoms with E-state index in [-0.39, 0.29) is 12.3 Å². The number of methoxy groups -OCH3 is 1. The predicted molar refractivity (Wildman–Crippen MR) is 44.4 cm³/mol. The number of amides is 1. The second-order valence-corrected chi connectivity index (χ2v) is 2.31. The monoisotopic (exact) mass is 171 g/mol. The molecule has 0 heterocycles. The minimum atomic E-state index is -0.595. The lowest BCUT2D eigenvalue weighted by Crippen LogP contribution is -2.38. The first-order chi connectivity index (χ1) is 5.61. The van der Waals surface area contributed by atoms with Gasteiger partial charge in [-0.2, -0.15) is 0 Å². The van der Waals surface area contributed by atoms with Crippen molar-refractivity contribution in [1.29, 1.82) is 0 Å². The van der Waals surface area contributed by atoms with Crippen molar-refractivity contribution in [2.45, 2.75) is 19.4 Å². The number of nitrogens with one attached hydrogen (secondary N) is 1. The number of carbonyl (C=O) groups is 2. The molecular formula is C8H13NO3. The van der Waals surface area contributed by atoms with Crippen molar-refractivity contribution >= 4 is 11.9 Å². The van der Waals surface area contributed by atoms with Gasteiger partial charge in [-0.3, -0.25) is 4.79 Å². The van der Waals surface area contributed by atoms with E-state index in [1.54, 1.807) is 6.92 Å². The Morgan fingerprint density at radius 3 is 2.67 bits per heavy atom. The molecule has 0 saturated heterocycles. The van der Waals surface area contributed by atoms with Crippen LogP contribution in [0.15, 0.2) is 12.7 Å². The summed E-state index contributed by atoms with van der Waals surface area (Å²) in [6.45, 7) is 4.96. The third kappa shape index (κ3) is 3.75. The molecule has 1 amide bonds. The Morgan fingerprint density at radius 1 is 1.67 bits per heavy atom. The lowest BCUT2D eigenvalue weighted by atomic mass is 10.3. The number of ether oxygens (including phenoxy) is 1. The van der Waals surface area contributed by atoms with Gasteiger partial charge in [-0.15, -0.1) is 6.58 Å². The molecule has 0 spiro atoms. The molecule has 0 radical (unpaired) electrons. The third-order valence-corrected chi connectivity index (χ3v) is 1.26. The lowest BCUT2D eigenvalue weighted by molar-refractivity contribution is -0.144. The molecule has 0 aliphatic carbocycles. The van der Waals surface area contributed by atoms with Crippen molar-refractivity contribution < 1.29 is 14.3 Å². The fourth-order valence-corrected chi connectivity index (χ4v) is 0.667. The molecular weight excluding hydrogens is 158 g/mol. The Bertz CT molecular complexity index is 189. The minimum Gasteiger partial charge on any atom is -0.467 e. The quantitative estimate of drug-likeness (QED) is 0.487. The maximum atomic E-state index is 10.9. The van der Waals surface area contributed by atoms with Gasteiger partial charge in [-0.1, -0.05) is 6.08 Å². The van der Waals surface area contributed by atoms with Gasteiger partial charge in [0.2, 0.25) is 5.91 Å². The van der Waals surface area contributed by atoms with Gasteiger partial charge in [0.05, 0.1) is 7.11 Å². The van der Waals surface area contributed by atoms with Crippen LogP contribution in [0.1, 0.15) is 13.3 Å². The van der Waals surface area contributed by atoms with Gasteiger partial charge in [0.15, 0.2) is 0 Å². The molecule has 0 aliphatic heterocycles. The number of hydrogen-bond acceptors (Lipinski definition) is 3. The molecule has 0 aromatic heterocycles. The number of carbonyl (C=O) groups excluding carboxylic acids is 2. The standard InChI is InChI=1S/C8H13NO3/c1-4-5-7(10)9-6(2)8(11)12-3/h4,6H,1,5H2,2-3H3,(H,9,10). The number of esters is 1. The van der Waals surface area contributed by atoms with Gasteiger partial charge >= 0.3 is 5.97 Å². The highest BCUT2D eigenvalue weighted by Crippen LogP contribution is 1.88. The van der Waals surface area contributed by atoms with E-state index >= 15 is 0 Å². The maximum Gasteiger partial charge on any atom is 0.328 e. The highest BCUT2D eigenvalue weighted by atomic mass is 16.5. The Labute approximate surface area is 71.6 Å². The first-order valence-electron chi connectivity index (χ1n) is 3.60. The van der Waals surface area contributed by atoms with E-state index in [0.29, 0.717) is 0 Å². The second kappa shape index (κ2) is 5.35. The van der Waals surface area contributed by atoms with Crippen LogP contribution in [0.3, 0.4) is 0 Å². The molecule has 0 fully saturated rings. The van der Waals surface area contributed by atoms with Gasteiger partial charge in [-0.25, -0.2) is 4.79 Å². The smallest absolute Gasteiger partial charge is 0.328 e. The first-order valence-corrected chi connectivity index (χ1v) is 3.60.